The molecule has 4 rings (SSSR count). The van der Waals surface area contributed by atoms with Crippen LogP contribution in [0.25, 0.3) is 11.0 Å². The van der Waals surface area contributed by atoms with Gasteiger partial charge in [-0.25, -0.2) is 9.97 Å². The molecule has 6 nitrogen and oxygen atoms in total. The molecule has 3 aromatic carbocycles. The Morgan fingerprint density at radius 2 is 1.36 bits per heavy atom. The van der Waals surface area contributed by atoms with Crippen LogP contribution in [0.1, 0.15) is 0 Å². The Morgan fingerprint density at radius 3 is 2.04 bits per heavy atom. The molecule has 0 aliphatic heterocycles. The number of hydrogen-bond donors (Lipinski definition) is 3. The van der Waals surface area contributed by atoms with Crippen LogP contribution in [-0.4, -0.2) is 17.1 Å². The van der Waals surface area contributed by atoms with E-state index < -0.39 is 0 Å². The zero-order valence-corrected chi connectivity index (χ0v) is 16.0. The molecular formula is C21H19N5OS. The molecule has 1 heterocycles. The fraction of sp³-hybridized carbons (Fsp3) is 0.0476. The highest BCUT2D eigenvalue weighted by molar-refractivity contribution is 8.00. The number of aromatic nitrogens is 2. The van der Waals surface area contributed by atoms with Crippen LogP contribution in [0.15, 0.2) is 83.8 Å². The summed E-state index contributed by atoms with van der Waals surface area (Å²) in [6, 6.07) is 25.6. The fourth-order valence-corrected chi connectivity index (χ4v) is 3.26. The van der Waals surface area contributed by atoms with E-state index in [1.807, 2.05) is 78.9 Å². The van der Waals surface area contributed by atoms with Gasteiger partial charge in [-0.15, -0.1) is 0 Å². The van der Waals surface area contributed by atoms with Crippen LogP contribution >= 0.6 is 11.9 Å². The first kappa shape index (κ1) is 18.1. The lowest BCUT2D eigenvalue weighted by molar-refractivity contribution is 0.271. The Kier molecular flexibility index (Phi) is 5.56. The molecule has 0 saturated carbocycles. The average molecular weight is 389 g/mol. The number of hydrogen-bond acceptors (Lipinski definition) is 7. The highest BCUT2D eigenvalue weighted by Gasteiger charge is 2.10. The Morgan fingerprint density at radius 1 is 0.714 bits per heavy atom. The van der Waals surface area contributed by atoms with Crippen LogP contribution in [-0.2, 0) is 4.84 Å². The molecule has 0 fully saturated rings. The minimum Gasteiger partial charge on any atom is -0.337 e. The molecule has 7 heteroatoms. The SMILES string of the molecule is CONc1ccc(SNc2nc3ccccc3nc2Nc2ccccc2)cc1. The van der Waals surface area contributed by atoms with E-state index in [9.17, 15) is 0 Å². The number of para-hydroxylation sites is 3. The van der Waals surface area contributed by atoms with Crippen molar-refractivity contribution in [2.45, 2.75) is 4.90 Å². The number of fused-ring (bicyclic) bond motifs is 1. The summed E-state index contributed by atoms with van der Waals surface area (Å²) in [5.74, 6) is 1.35. The second-order valence-electron chi connectivity index (χ2n) is 5.94. The number of nitrogens with zero attached hydrogens (tertiary/aromatic N) is 2. The molecule has 3 N–H and O–H groups in total. The molecular weight excluding hydrogens is 370 g/mol. The molecule has 0 aliphatic rings. The van der Waals surface area contributed by atoms with Crippen molar-refractivity contribution in [2.24, 2.45) is 0 Å². The van der Waals surface area contributed by atoms with Crippen molar-refractivity contribution in [1.82, 2.24) is 9.97 Å². The lowest BCUT2D eigenvalue weighted by Crippen LogP contribution is -2.02. The number of nitrogens with one attached hydrogen (secondary N) is 3. The van der Waals surface area contributed by atoms with Gasteiger partial charge in [-0.05, 0) is 60.5 Å². The maximum Gasteiger partial charge on any atom is 0.180 e. The molecule has 0 atom stereocenters. The maximum absolute atomic E-state index is 4.91. The molecule has 0 amide bonds. The molecule has 0 unspecified atom stereocenters. The molecule has 28 heavy (non-hydrogen) atoms. The van der Waals surface area contributed by atoms with Crippen molar-refractivity contribution in [1.29, 1.82) is 0 Å². The maximum atomic E-state index is 4.91. The van der Waals surface area contributed by atoms with E-state index in [1.54, 1.807) is 7.11 Å². The van der Waals surface area contributed by atoms with Gasteiger partial charge in [-0.2, -0.15) is 0 Å². The number of benzene rings is 3. The fourth-order valence-electron chi connectivity index (χ4n) is 2.63. The molecule has 0 aliphatic carbocycles. The zero-order valence-electron chi connectivity index (χ0n) is 15.2. The van der Waals surface area contributed by atoms with Crippen molar-refractivity contribution in [3.63, 3.8) is 0 Å². The van der Waals surface area contributed by atoms with Gasteiger partial charge in [0, 0.05) is 10.6 Å². The largest absolute Gasteiger partial charge is 0.337 e. The van der Waals surface area contributed by atoms with Crippen molar-refractivity contribution < 1.29 is 4.84 Å². The van der Waals surface area contributed by atoms with Crippen LogP contribution in [0.2, 0.25) is 0 Å². The van der Waals surface area contributed by atoms with Crippen molar-refractivity contribution in [3.8, 4) is 0 Å². The van der Waals surface area contributed by atoms with Crippen molar-refractivity contribution in [3.05, 3.63) is 78.9 Å². The van der Waals surface area contributed by atoms with Crippen molar-refractivity contribution >= 4 is 46.0 Å². The summed E-state index contributed by atoms with van der Waals surface area (Å²) in [4.78, 5) is 15.4. The van der Waals surface area contributed by atoms with Crippen LogP contribution in [0, 0.1) is 0 Å². The number of anilines is 4. The summed E-state index contributed by atoms with van der Waals surface area (Å²) < 4.78 is 3.32. The lowest BCUT2D eigenvalue weighted by Gasteiger charge is -2.13. The Labute approximate surface area is 167 Å². The van der Waals surface area contributed by atoms with E-state index in [4.69, 9.17) is 14.8 Å². The second kappa shape index (κ2) is 8.60. The predicted octanol–water partition coefficient (Wildman–Crippen LogP) is 5.47. The molecule has 1 aromatic heterocycles. The van der Waals surface area contributed by atoms with E-state index in [1.165, 1.54) is 11.9 Å². The predicted molar refractivity (Wildman–Crippen MR) is 116 cm³/mol. The van der Waals surface area contributed by atoms with Crippen molar-refractivity contribution in [2.75, 3.05) is 22.6 Å². The molecule has 0 bridgehead atoms. The average Bonchev–Trinajstić information content (AvgIpc) is 2.74. The molecule has 0 spiro atoms. The first-order valence-electron chi connectivity index (χ1n) is 8.72. The van der Waals surface area contributed by atoms with Crippen LogP contribution in [0.4, 0.5) is 23.0 Å². The Bertz CT molecular complexity index is 1060. The zero-order chi connectivity index (χ0) is 19.2. The highest BCUT2D eigenvalue weighted by atomic mass is 32.2. The van der Waals surface area contributed by atoms with E-state index in [0.717, 1.165) is 27.3 Å². The van der Waals surface area contributed by atoms with E-state index >= 15 is 0 Å². The summed E-state index contributed by atoms with van der Waals surface area (Å²) in [5.41, 5.74) is 6.33. The normalized spacial score (nSPS) is 10.6. The lowest BCUT2D eigenvalue weighted by atomic mass is 10.3. The topological polar surface area (TPSA) is 71.1 Å². The monoisotopic (exact) mass is 389 g/mol. The third-order valence-corrected chi connectivity index (χ3v) is 4.75. The highest BCUT2D eigenvalue weighted by Crippen LogP contribution is 2.29. The van der Waals surface area contributed by atoms with E-state index in [2.05, 4.69) is 15.5 Å². The first-order chi connectivity index (χ1) is 13.8. The van der Waals surface area contributed by atoms with Gasteiger partial charge in [-0.1, -0.05) is 30.3 Å². The molecule has 0 radical (unpaired) electrons. The van der Waals surface area contributed by atoms with Gasteiger partial charge in [0.1, 0.15) is 0 Å². The van der Waals surface area contributed by atoms with Crippen LogP contribution < -0.4 is 15.5 Å². The van der Waals surface area contributed by atoms with Gasteiger partial charge in [0.15, 0.2) is 11.6 Å². The summed E-state index contributed by atoms with van der Waals surface area (Å²) >= 11 is 1.47. The third-order valence-electron chi connectivity index (χ3n) is 3.95. The summed E-state index contributed by atoms with van der Waals surface area (Å²) in [6.45, 7) is 0. The second-order valence-corrected chi connectivity index (χ2v) is 6.81. The van der Waals surface area contributed by atoms with Gasteiger partial charge >= 0.3 is 0 Å². The number of rotatable bonds is 7. The first-order valence-corrected chi connectivity index (χ1v) is 9.54. The van der Waals surface area contributed by atoms with Gasteiger partial charge in [-0.3, -0.25) is 10.3 Å². The standard InChI is InChI=1S/C21H19N5OS/c1-27-25-16-11-13-17(14-12-16)28-26-21-20(22-15-7-3-2-4-8-15)23-18-9-5-6-10-19(18)24-21/h2-14,25H,1H3,(H,22,23)(H,24,26). The minimum absolute atomic E-state index is 0.673. The minimum atomic E-state index is 0.673. The van der Waals surface area contributed by atoms with Crippen LogP contribution in [0.3, 0.4) is 0 Å². The third kappa shape index (κ3) is 4.33. The Balaban J connectivity index is 1.59. The Hall–Kier alpha value is -3.29. The summed E-state index contributed by atoms with van der Waals surface area (Å²) in [5, 5.41) is 3.35. The quantitative estimate of drug-likeness (QED) is 0.286. The molecule has 140 valence electrons. The smallest absolute Gasteiger partial charge is 0.180 e. The van der Waals surface area contributed by atoms with Gasteiger partial charge in [0.2, 0.25) is 0 Å². The molecule has 4 aromatic rings. The van der Waals surface area contributed by atoms with Gasteiger partial charge < -0.3 is 10.0 Å². The van der Waals surface area contributed by atoms with E-state index in [-0.39, 0.29) is 0 Å². The summed E-state index contributed by atoms with van der Waals surface area (Å²) in [7, 11) is 1.59. The molecule has 0 saturated heterocycles. The van der Waals surface area contributed by atoms with Gasteiger partial charge in [0.25, 0.3) is 0 Å². The summed E-state index contributed by atoms with van der Waals surface area (Å²) in [6.07, 6.45) is 0. The van der Waals surface area contributed by atoms with E-state index in [0.29, 0.717) is 11.6 Å². The van der Waals surface area contributed by atoms with Gasteiger partial charge in [0.05, 0.1) is 23.8 Å². The van der Waals surface area contributed by atoms with Crippen LogP contribution in [0.5, 0.6) is 0 Å².